The third kappa shape index (κ3) is 2.98. The summed E-state index contributed by atoms with van der Waals surface area (Å²) in [6, 6.07) is 9.29. The summed E-state index contributed by atoms with van der Waals surface area (Å²) in [5, 5.41) is 0.621. The summed E-state index contributed by atoms with van der Waals surface area (Å²) in [6.45, 7) is 0. The third-order valence-electron chi connectivity index (χ3n) is 2.81. The van der Waals surface area contributed by atoms with E-state index >= 15 is 0 Å². The molecule has 0 aliphatic rings. The second-order valence-electron chi connectivity index (χ2n) is 4.05. The van der Waals surface area contributed by atoms with Crippen molar-refractivity contribution in [2.24, 2.45) is 5.84 Å². The van der Waals surface area contributed by atoms with Crippen LogP contribution in [0.2, 0.25) is 5.02 Å². The Balaban J connectivity index is 2.23. The molecule has 2 rings (SSSR count). The van der Waals surface area contributed by atoms with E-state index < -0.39 is 0 Å². The first-order chi connectivity index (χ1) is 8.70. The van der Waals surface area contributed by atoms with Gasteiger partial charge in [-0.1, -0.05) is 17.7 Å². The van der Waals surface area contributed by atoms with Gasteiger partial charge in [-0.05, 0) is 41.8 Å². The number of pyridine rings is 1. The summed E-state index contributed by atoms with van der Waals surface area (Å²) in [7, 11) is 0. The monoisotopic (exact) mass is 262 g/mol. The smallest absolute Gasteiger partial charge is 0.0520 e. The number of hydrogen-bond acceptors (Lipinski definition) is 4. The van der Waals surface area contributed by atoms with Crippen molar-refractivity contribution < 1.29 is 0 Å². The quantitative estimate of drug-likeness (QED) is 0.448. The second-order valence-corrected chi connectivity index (χ2v) is 4.49. The molecule has 1 atom stereocenters. The second kappa shape index (κ2) is 5.82. The normalized spacial score (nSPS) is 12.3. The van der Waals surface area contributed by atoms with Crippen LogP contribution in [-0.4, -0.2) is 4.98 Å². The van der Waals surface area contributed by atoms with Crippen molar-refractivity contribution in [3.05, 3.63) is 58.9 Å². The van der Waals surface area contributed by atoms with Crippen LogP contribution in [0.1, 0.15) is 17.2 Å². The summed E-state index contributed by atoms with van der Waals surface area (Å²) >= 11 is 5.89. The standard InChI is InChI=1S/C13H15ClN4/c14-10-1-2-11(12(15)8-10)13(18-16)7-9-3-5-17-6-4-9/h1-6,8,13,18H,7,15-16H2. The Morgan fingerprint density at radius 1 is 1.22 bits per heavy atom. The van der Waals surface area contributed by atoms with Crippen molar-refractivity contribution >= 4 is 17.3 Å². The van der Waals surface area contributed by atoms with E-state index in [1.165, 1.54) is 0 Å². The van der Waals surface area contributed by atoms with Crippen molar-refractivity contribution in [1.82, 2.24) is 10.4 Å². The highest BCUT2D eigenvalue weighted by molar-refractivity contribution is 6.30. The van der Waals surface area contributed by atoms with Crippen LogP contribution in [0.3, 0.4) is 0 Å². The Morgan fingerprint density at radius 2 is 1.94 bits per heavy atom. The molecular weight excluding hydrogens is 248 g/mol. The zero-order valence-electron chi connectivity index (χ0n) is 9.81. The molecule has 0 saturated carbocycles. The molecule has 0 radical (unpaired) electrons. The van der Waals surface area contributed by atoms with Crippen LogP contribution in [0, 0.1) is 0 Å². The number of nitrogens with zero attached hydrogens (tertiary/aromatic N) is 1. The van der Waals surface area contributed by atoms with Crippen LogP contribution in [0.5, 0.6) is 0 Å². The average Bonchev–Trinajstić information content (AvgIpc) is 2.38. The molecule has 94 valence electrons. The van der Waals surface area contributed by atoms with E-state index in [-0.39, 0.29) is 6.04 Å². The molecule has 0 amide bonds. The maximum atomic E-state index is 5.96. The summed E-state index contributed by atoms with van der Waals surface area (Å²) in [4.78, 5) is 3.99. The van der Waals surface area contributed by atoms with Crippen molar-refractivity contribution in [3.63, 3.8) is 0 Å². The van der Waals surface area contributed by atoms with Gasteiger partial charge in [-0.3, -0.25) is 16.3 Å². The van der Waals surface area contributed by atoms with E-state index in [0.717, 1.165) is 17.5 Å². The van der Waals surface area contributed by atoms with Gasteiger partial charge >= 0.3 is 0 Å². The Labute approximate surface area is 111 Å². The Kier molecular flexibility index (Phi) is 4.15. The lowest BCUT2D eigenvalue weighted by Gasteiger charge is -2.18. The molecule has 0 fully saturated rings. The molecule has 4 nitrogen and oxygen atoms in total. The highest BCUT2D eigenvalue weighted by Crippen LogP contribution is 2.25. The minimum absolute atomic E-state index is 0.0512. The lowest BCUT2D eigenvalue weighted by Crippen LogP contribution is -2.30. The number of nitrogen functional groups attached to an aromatic ring is 1. The van der Waals surface area contributed by atoms with Crippen molar-refractivity contribution in [2.75, 3.05) is 5.73 Å². The zero-order valence-corrected chi connectivity index (χ0v) is 10.6. The number of rotatable bonds is 4. The first-order valence-electron chi connectivity index (χ1n) is 5.60. The molecule has 5 heteroatoms. The lowest BCUT2D eigenvalue weighted by molar-refractivity contribution is 0.553. The Morgan fingerprint density at radius 3 is 2.56 bits per heavy atom. The summed E-state index contributed by atoms with van der Waals surface area (Å²) in [6.07, 6.45) is 4.26. The predicted molar refractivity (Wildman–Crippen MR) is 73.9 cm³/mol. The van der Waals surface area contributed by atoms with Gasteiger partial charge in [0.15, 0.2) is 0 Å². The fraction of sp³-hybridized carbons (Fsp3) is 0.154. The van der Waals surface area contributed by atoms with E-state index in [4.69, 9.17) is 23.2 Å². The SMILES string of the molecule is NNC(Cc1ccncc1)c1ccc(Cl)cc1N. The van der Waals surface area contributed by atoms with Crippen LogP contribution in [0.25, 0.3) is 0 Å². The lowest BCUT2D eigenvalue weighted by atomic mass is 9.99. The Hall–Kier alpha value is -1.62. The first kappa shape index (κ1) is 12.8. The topological polar surface area (TPSA) is 77.0 Å². The summed E-state index contributed by atoms with van der Waals surface area (Å²) < 4.78 is 0. The van der Waals surface area contributed by atoms with Crippen molar-refractivity contribution in [1.29, 1.82) is 0 Å². The molecule has 1 aromatic carbocycles. The largest absolute Gasteiger partial charge is 0.398 e. The van der Waals surface area contributed by atoms with Gasteiger partial charge in [0.1, 0.15) is 0 Å². The molecule has 0 bridgehead atoms. The van der Waals surface area contributed by atoms with Gasteiger partial charge in [-0.15, -0.1) is 0 Å². The van der Waals surface area contributed by atoms with E-state index in [0.29, 0.717) is 10.7 Å². The number of hydrogen-bond donors (Lipinski definition) is 3. The molecule has 0 aliphatic carbocycles. The fourth-order valence-electron chi connectivity index (χ4n) is 1.88. The van der Waals surface area contributed by atoms with Crippen molar-refractivity contribution in [2.45, 2.75) is 12.5 Å². The van der Waals surface area contributed by atoms with Gasteiger partial charge in [0.25, 0.3) is 0 Å². The highest BCUT2D eigenvalue weighted by atomic mass is 35.5. The molecule has 1 aromatic heterocycles. The number of hydrazine groups is 1. The van der Waals surface area contributed by atoms with E-state index in [1.54, 1.807) is 18.5 Å². The molecule has 18 heavy (non-hydrogen) atoms. The van der Waals surface area contributed by atoms with Crippen LogP contribution in [0.15, 0.2) is 42.7 Å². The molecule has 0 aliphatic heterocycles. The number of halogens is 1. The van der Waals surface area contributed by atoms with Crippen LogP contribution >= 0.6 is 11.6 Å². The minimum Gasteiger partial charge on any atom is -0.398 e. The highest BCUT2D eigenvalue weighted by Gasteiger charge is 2.13. The number of nitrogens with two attached hydrogens (primary N) is 2. The minimum atomic E-state index is -0.0512. The number of nitrogens with one attached hydrogen (secondary N) is 1. The van der Waals surface area contributed by atoms with Crippen LogP contribution < -0.4 is 17.0 Å². The van der Waals surface area contributed by atoms with Crippen molar-refractivity contribution in [3.8, 4) is 0 Å². The molecule has 2 aromatic rings. The predicted octanol–water partition coefficient (Wildman–Crippen LogP) is 2.06. The molecular formula is C13H15ClN4. The van der Waals surface area contributed by atoms with Crippen LogP contribution in [-0.2, 0) is 6.42 Å². The Bertz CT molecular complexity index is 516. The first-order valence-corrected chi connectivity index (χ1v) is 5.98. The molecule has 5 N–H and O–H groups in total. The van der Waals surface area contributed by atoms with Gasteiger partial charge in [0, 0.05) is 23.1 Å². The maximum absolute atomic E-state index is 5.96. The summed E-state index contributed by atoms with van der Waals surface area (Å²) in [5.74, 6) is 5.61. The average molecular weight is 263 g/mol. The number of benzene rings is 1. The maximum Gasteiger partial charge on any atom is 0.0520 e. The number of anilines is 1. The van der Waals surface area contributed by atoms with Gasteiger partial charge in [-0.2, -0.15) is 0 Å². The van der Waals surface area contributed by atoms with Gasteiger partial charge in [-0.25, -0.2) is 0 Å². The van der Waals surface area contributed by atoms with E-state index in [9.17, 15) is 0 Å². The molecule has 0 spiro atoms. The van der Waals surface area contributed by atoms with Crippen LogP contribution in [0.4, 0.5) is 5.69 Å². The fourth-order valence-corrected chi connectivity index (χ4v) is 2.06. The number of aromatic nitrogens is 1. The third-order valence-corrected chi connectivity index (χ3v) is 3.05. The molecule has 1 unspecified atom stereocenters. The summed E-state index contributed by atoms with van der Waals surface area (Å²) in [5.41, 5.74) is 11.5. The molecule has 0 saturated heterocycles. The van der Waals surface area contributed by atoms with Gasteiger partial charge in [0.05, 0.1) is 6.04 Å². The molecule has 1 heterocycles. The zero-order chi connectivity index (χ0) is 13.0. The van der Waals surface area contributed by atoms with E-state index in [1.807, 2.05) is 24.3 Å². The van der Waals surface area contributed by atoms with Gasteiger partial charge < -0.3 is 5.73 Å². The van der Waals surface area contributed by atoms with E-state index in [2.05, 4.69) is 10.4 Å². The van der Waals surface area contributed by atoms with Gasteiger partial charge in [0.2, 0.25) is 0 Å².